The molecule has 1 aromatic carbocycles. The van der Waals surface area contributed by atoms with E-state index in [1.54, 1.807) is 18.3 Å². The average molecular weight is 454 g/mol. The number of thiol groups is 1. The van der Waals surface area contributed by atoms with Gasteiger partial charge in [0.25, 0.3) is 0 Å². The Morgan fingerprint density at radius 1 is 1.53 bits per heavy atom. The molecule has 1 atom stereocenters. The molecule has 0 radical (unpaired) electrons. The maximum absolute atomic E-state index is 11.0. The van der Waals surface area contributed by atoms with Crippen molar-refractivity contribution >= 4 is 68.0 Å². The summed E-state index contributed by atoms with van der Waals surface area (Å²) in [5.41, 5.74) is 0.840. The van der Waals surface area contributed by atoms with Crippen LogP contribution in [0.2, 0.25) is 0 Å². The highest BCUT2D eigenvalue weighted by atomic mass is 127. The summed E-state index contributed by atoms with van der Waals surface area (Å²) in [6.45, 7) is 1.38. The predicted molar refractivity (Wildman–Crippen MR) is 87.8 cm³/mol. The molecule has 1 aromatic heterocycles. The minimum atomic E-state index is -1.57. The fraction of sp³-hybridized carbons (Fsp3) is 0.167. The third kappa shape index (κ3) is 3.32. The first-order valence-corrected chi connectivity index (χ1v) is 7.51. The topological polar surface area (TPSA) is 59.4 Å². The lowest BCUT2D eigenvalue weighted by atomic mass is 10.2. The second-order valence-corrected chi connectivity index (χ2v) is 6.95. The van der Waals surface area contributed by atoms with E-state index in [9.17, 15) is 4.79 Å². The van der Waals surface area contributed by atoms with Crippen molar-refractivity contribution in [3.63, 3.8) is 0 Å². The van der Waals surface area contributed by atoms with Crippen LogP contribution >= 0.6 is 51.1 Å². The van der Waals surface area contributed by atoms with Crippen molar-refractivity contribution in [3.05, 3.63) is 32.4 Å². The van der Waals surface area contributed by atoms with E-state index in [4.69, 9.17) is 9.84 Å². The molecule has 0 aliphatic rings. The van der Waals surface area contributed by atoms with E-state index in [0.717, 1.165) is 18.9 Å². The van der Waals surface area contributed by atoms with Crippen molar-refractivity contribution in [3.8, 4) is 5.75 Å². The second-order valence-electron chi connectivity index (χ2n) is 4.02. The standard InChI is InChI=1S/C12H9BrINO3S/c1-12(19,11(16)17)18-8-3-6-2-7(13)5-15-10(6)9(14)4-8/h2-5,19H,1H3,(H,16,17). The number of hydrogen-bond acceptors (Lipinski definition) is 4. The van der Waals surface area contributed by atoms with E-state index in [2.05, 4.69) is 56.1 Å². The molecule has 7 heteroatoms. The molecule has 0 aliphatic heterocycles. The Hall–Kier alpha value is -0.540. The van der Waals surface area contributed by atoms with Crippen LogP contribution in [0.1, 0.15) is 6.92 Å². The Balaban J connectivity index is 2.48. The molecule has 0 saturated heterocycles. The van der Waals surface area contributed by atoms with Crippen LogP contribution < -0.4 is 4.74 Å². The maximum Gasteiger partial charge on any atom is 0.358 e. The van der Waals surface area contributed by atoms with Crippen LogP contribution in [-0.4, -0.2) is 21.0 Å². The van der Waals surface area contributed by atoms with Gasteiger partial charge in [-0.3, -0.25) is 4.98 Å². The number of halogens is 2. The van der Waals surface area contributed by atoms with Crippen molar-refractivity contribution in [1.82, 2.24) is 4.98 Å². The number of aromatic nitrogens is 1. The van der Waals surface area contributed by atoms with Crippen molar-refractivity contribution in [2.75, 3.05) is 0 Å². The normalized spacial score (nSPS) is 14.1. The number of hydrogen-bond donors (Lipinski definition) is 2. The number of carboxylic acid groups (broad SMARTS) is 1. The first kappa shape index (κ1) is 14.9. The lowest BCUT2D eigenvalue weighted by molar-refractivity contribution is -0.146. The Labute approximate surface area is 137 Å². The molecule has 1 unspecified atom stereocenters. The van der Waals surface area contributed by atoms with Crippen molar-refractivity contribution in [2.45, 2.75) is 11.9 Å². The molecule has 0 amide bonds. The number of carbonyl (C=O) groups is 1. The molecule has 0 aliphatic carbocycles. The number of ether oxygens (including phenoxy) is 1. The van der Waals surface area contributed by atoms with E-state index < -0.39 is 10.9 Å². The van der Waals surface area contributed by atoms with Crippen LogP contribution in [0, 0.1) is 3.57 Å². The molecule has 0 bridgehead atoms. The second kappa shape index (κ2) is 5.45. The summed E-state index contributed by atoms with van der Waals surface area (Å²) in [7, 11) is 0. The molecule has 0 saturated carbocycles. The van der Waals surface area contributed by atoms with Gasteiger partial charge in [0, 0.05) is 19.6 Å². The van der Waals surface area contributed by atoms with Crippen molar-refractivity contribution in [2.24, 2.45) is 0 Å². The van der Waals surface area contributed by atoms with E-state index in [0.29, 0.717) is 5.75 Å². The summed E-state index contributed by atoms with van der Waals surface area (Å²) >= 11 is 9.48. The highest BCUT2D eigenvalue weighted by Crippen LogP contribution is 2.30. The summed E-state index contributed by atoms with van der Waals surface area (Å²) in [4.78, 5) is 13.7. The minimum absolute atomic E-state index is 0.441. The van der Waals surface area contributed by atoms with Crippen molar-refractivity contribution < 1.29 is 14.6 Å². The van der Waals surface area contributed by atoms with E-state index >= 15 is 0 Å². The zero-order valence-corrected chi connectivity index (χ0v) is 14.4. The molecule has 1 N–H and O–H groups in total. The molecule has 0 fully saturated rings. The Kier molecular flexibility index (Phi) is 4.26. The number of rotatable bonds is 3. The maximum atomic E-state index is 11.0. The number of pyridine rings is 1. The van der Waals surface area contributed by atoms with Gasteiger partial charge in [0.2, 0.25) is 4.93 Å². The lowest BCUT2D eigenvalue weighted by Gasteiger charge is -2.20. The predicted octanol–water partition coefficient (Wildman–Crippen LogP) is 3.71. The minimum Gasteiger partial charge on any atom is -0.478 e. The third-order valence-electron chi connectivity index (χ3n) is 2.39. The summed E-state index contributed by atoms with van der Waals surface area (Å²) in [5.74, 6) is -0.699. The summed E-state index contributed by atoms with van der Waals surface area (Å²) < 4.78 is 7.14. The number of carboxylic acids is 1. The third-order valence-corrected chi connectivity index (χ3v) is 3.93. The fourth-order valence-corrected chi connectivity index (χ4v) is 2.70. The van der Waals surface area contributed by atoms with E-state index in [-0.39, 0.29) is 0 Å². The first-order valence-electron chi connectivity index (χ1n) is 5.19. The SMILES string of the molecule is CC(S)(Oc1cc(I)c2ncc(Br)cc2c1)C(=O)O. The summed E-state index contributed by atoms with van der Waals surface area (Å²) in [6, 6.07) is 5.38. The van der Waals surface area contributed by atoms with Gasteiger partial charge in [-0.05, 0) is 63.6 Å². The number of fused-ring (bicyclic) bond motifs is 1. The van der Waals surface area contributed by atoms with Gasteiger partial charge in [-0.2, -0.15) is 0 Å². The highest BCUT2D eigenvalue weighted by Gasteiger charge is 2.31. The molecule has 2 aromatic rings. The van der Waals surface area contributed by atoms with Gasteiger partial charge in [-0.25, -0.2) is 4.79 Å². The van der Waals surface area contributed by atoms with Gasteiger partial charge in [0.15, 0.2) is 0 Å². The lowest BCUT2D eigenvalue weighted by Crippen LogP contribution is -2.35. The van der Waals surface area contributed by atoms with Gasteiger partial charge < -0.3 is 9.84 Å². The largest absolute Gasteiger partial charge is 0.478 e. The van der Waals surface area contributed by atoms with E-state index in [1.807, 2.05) is 6.07 Å². The van der Waals surface area contributed by atoms with Gasteiger partial charge in [0.05, 0.1) is 5.52 Å². The van der Waals surface area contributed by atoms with Crippen molar-refractivity contribution in [1.29, 1.82) is 0 Å². The van der Waals surface area contributed by atoms with Crippen LogP contribution in [0.15, 0.2) is 28.9 Å². The average Bonchev–Trinajstić information content (AvgIpc) is 2.27. The molecular weight excluding hydrogens is 445 g/mol. The fourth-order valence-electron chi connectivity index (χ4n) is 1.48. The van der Waals surface area contributed by atoms with Crippen LogP contribution in [0.4, 0.5) is 0 Å². The number of nitrogens with zero attached hydrogens (tertiary/aromatic N) is 1. The van der Waals surface area contributed by atoms with Gasteiger partial charge in [-0.1, -0.05) is 0 Å². The molecule has 100 valence electrons. The number of aliphatic carboxylic acids is 1. The zero-order valence-electron chi connectivity index (χ0n) is 9.72. The van der Waals surface area contributed by atoms with Crippen LogP contribution in [0.3, 0.4) is 0 Å². The molecular formula is C12H9BrINO3S. The Bertz CT molecular complexity index is 663. The summed E-state index contributed by atoms with van der Waals surface area (Å²) in [6.07, 6.45) is 1.71. The van der Waals surface area contributed by atoms with Gasteiger partial charge >= 0.3 is 5.97 Å². The molecule has 1 heterocycles. The molecule has 19 heavy (non-hydrogen) atoms. The molecule has 4 nitrogen and oxygen atoms in total. The molecule has 2 rings (SSSR count). The van der Waals surface area contributed by atoms with Crippen LogP contribution in [0.25, 0.3) is 10.9 Å². The van der Waals surface area contributed by atoms with Crippen LogP contribution in [-0.2, 0) is 4.79 Å². The highest BCUT2D eigenvalue weighted by molar-refractivity contribution is 14.1. The summed E-state index contributed by atoms with van der Waals surface area (Å²) in [5, 5.41) is 9.87. The first-order chi connectivity index (χ1) is 8.79. The quantitative estimate of drug-likeness (QED) is 0.422. The monoisotopic (exact) mass is 453 g/mol. The van der Waals surface area contributed by atoms with Crippen LogP contribution in [0.5, 0.6) is 5.75 Å². The zero-order chi connectivity index (χ0) is 14.2. The smallest absolute Gasteiger partial charge is 0.358 e. The van der Waals surface area contributed by atoms with Gasteiger partial charge in [0.1, 0.15) is 5.75 Å². The number of benzene rings is 1. The Morgan fingerprint density at radius 3 is 2.84 bits per heavy atom. The molecule has 0 spiro atoms. The van der Waals surface area contributed by atoms with E-state index in [1.165, 1.54) is 6.92 Å². The Morgan fingerprint density at radius 2 is 2.21 bits per heavy atom. The van der Waals surface area contributed by atoms with Gasteiger partial charge in [-0.15, -0.1) is 12.6 Å².